The summed E-state index contributed by atoms with van der Waals surface area (Å²) in [4.78, 5) is 23.0. The molecule has 1 fully saturated rings. The van der Waals surface area contributed by atoms with Crippen LogP contribution in [0.2, 0.25) is 0 Å². The number of likely N-dealkylation sites (tertiary alicyclic amines) is 1. The summed E-state index contributed by atoms with van der Waals surface area (Å²) < 4.78 is 0. The van der Waals surface area contributed by atoms with Crippen molar-refractivity contribution < 1.29 is 4.79 Å². The van der Waals surface area contributed by atoms with Crippen LogP contribution in [0.3, 0.4) is 0 Å². The van der Waals surface area contributed by atoms with Gasteiger partial charge in [0.05, 0.1) is 17.1 Å². The first-order chi connectivity index (χ1) is 11.8. The molecule has 0 bridgehead atoms. The number of hydrogen-bond acceptors (Lipinski definition) is 2. The summed E-state index contributed by atoms with van der Waals surface area (Å²) >= 11 is 0. The monoisotopic (exact) mass is 319 g/mol. The maximum absolute atomic E-state index is 12.9. The van der Waals surface area contributed by atoms with Crippen LogP contribution in [0, 0.1) is 0 Å². The summed E-state index contributed by atoms with van der Waals surface area (Å²) in [7, 11) is 0. The Bertz CT molecular complexity index is 833. The van der Waals surface area contributed by atoms with E-state index in [2.05, 4.69) is 11.9 Å². The Kier molecular flexibility index (Phi) is 3.81. The number of aromatic nitrogens is 2. The molecule has 2 heterocycles. The molecule has 0 aliphatic carbocycles. The van der Waals surface area contributed by atoms with E-state index in [-0.39, 0.29) is 11.9 Å². The van der Waals surface area contributed by atoms with E-state index in [0.717, 1.165) is 48.2 Å². The van der Waals surface area contributed by atoms with Crippen LogP contribution in [0.5, 0.6) is 0 Å². The first-order valence-electron chi connectivity index (χ1n) is 8.61. The number of aryl methyl sites for hydroxylation is 1. The minimum absolute atomic E-state index is 0.0377. The van der Waals surface area contributed by atoms with Gasteiger partial charge in [-0.2, -0.15) is 0 Å². The number of H-pyrrole nitrogens is 1. The third-order valence-corrected chi connectivity index (χ3v) is 4.85. The summed E-state index contributed by atoms with van der Waals surface area (Å²) in [6, 6.07) is 16.0. The summed E-state index contributed by atoms with van der Waals surface area (Å²) in [5, 5.41) is 0. The molecule has 24 heavy (non-hydrogen) atoms. The van der Waals surface area contributed by atoms with Gasteiger partial charge < -0.3 is 9.88 Å². The van der Waals surface area contributed by atoms with Crippen LogP contribution in [-0.2, 0) is 6.42 Å². The van der Waals surface area contributed by atoms with Gasteiger partial charge in [-0.15, -0.1) is 0 Å². The number of aromatic amines is 1. The van der Waals surface area contributed by atoms with E-state index in [1.807, 2.05) is 53.4 Å². The summed E-state index contributed by atoms with van der Waals surface area (Å²) in [6.45, 7) is 2.91. The number of imidazole rings is 1. The highest BCUT2D eigenvalue weighted by Crippen LogP contribution is 2.32. The SMILES string of the molecule is CCc1ccc(C(=O)N2CCC[C@@H]2c2nc3ccccc3[nH]2)cc1. The summed E-state index contributed by atoms with van der Waals surface area (Å²) in [5.41, 5.74) is 4.00. The van der Waals surface area contributed by atoms with Crippen LogP contribution in [0.4, 0.5) is 0 Å². The van der Waals surface area contributed by atoms with Crippen molar-refractivity contribution >= 4 is 16.9 Å². The molecule has 122 valence electrons. The molecule has 0 radical (unpaired) electrons. The van der Waals surface area contributed by atoms with Crippen molar-refractivity contribution in [2.24, 2.45) is 0 Å². The van der Waals surface area contributed by atoms with Gasteiger partial charge >= 0.3 is 0 Å². The molecule has 1 atom stereocenters. The molecular formula is C20H21N3O. The molecule has 0 unspecified atom stereocenters. The van der Waals surface area contributed by atoms with Crippen molar-refractivity contribution in [3.63, 3.8) is 0 Å². The smallest absolute Gasteiger partial charge is 0.254 e. The number of para-hydroxylation sites is 2. The molecule has 4 nitrogen and oxygen atoms in total. The van der Waals surface area contributed by atoms with Crippen LogP contribution < -0.4 is 0 Å². The Morgan fingerprint density at radius 3 is 2.75 bits per heavy atom. The van der Waals surface area contributed by atoms with Gasteiger partial charge in [0.2, 0.25) is 0 Å². The summed E-state index contributed by atoms with van der Waals surface area (Å²) in [5.74, 6) is 0.993. The highest BCUT2D eigenvalue weighted by Gasteiger charge is 2.32. The third-order valence-electron chi connectivity index (χ3n) is 4.85. The molecule has 1 aromatic heterocycles. The quantitative estimate of drug-likeness (QED) is 0.790. The fraction of sp³-hybridized carbons (Fsp3) is 0.300. The van der Waals surface area contributed by atoms with Gasteiger partial charge in [-0.3, -0.25) is 4.79 Å². The number of amides is 1. The van der Waals surface area contributed by atoms with Gasteiger partial charge in [-0.1, -0.05) is 31.2 Å². The van der Waals surface area contributed by atoms with E-state index < -0.39 is 0 Å². The van der Waals surface area contributed by atoms with E-state index in [1.165, 1.54) is 5.56 Å². The number of carbonyl (C=O) groups excluding carboxylic acids is 1. The second-order valence-electron chi connectivity index (χ2n) is 6.35. The number of rotatable bonds is 3. The lowest BCUT2D eigenvalue weighted by molar-refractivity contribution is 0.0730. The molecule has 2 aromatic carbocycles. The Hall–Kier alpha value is -2.62. The van der Waals surface area contributed by atoms with E-state index in [1.54, 1.807) is 0 Å². The van der Waals surface area contributed by atoms with Crippen molar-refractivity contribution in [2.75, 3.05) is 6.54 Å². The van der Waals surface area contributed by atoms with Crippen molar-refractivity contribution in [2.45, 2.75) is 32.2 Å². The number of fused-ring (bicyclic) bond motifs is 1. The Morgan fingerprint density at radius 1 is 1.21 bits per heavy atom. The summed E-state index contributed by atoms with van der Waals surface area (Å²) in [6.07, 6.45) is 2.96. The molecule has 1 saturated heterocycles. The molecular weight excluding hydrogens is 298 g/mol. The average molecular weight is 319 g/mol. The maximum atomic E-state index is 12.9. The first-order valence-corrected chi connectivity index (χ1v) is 8.61. The average Bonchev–Trinajstić information content (AvgIpc) is 3.27. The normalized spacial score (nSPS) is 17.5. The highest BCUT2D eigenvalue weighted by molar-refractivity contribution is 5.94. The predicted octanol–water partition coefficient (Wildman–Crippen LogP) is 4.10. The standard InChI is InChI=1S/C20H21N3O/c1-2-14-9-11-15(12-10-14)20(24)23-13-5-8-18(23)19-21-16-6-3-4-7-17(16)22-19/h3-4,6-7,9-12,18H,2,5,8,13H2,1H3,(H,21,22)/t18-/m1/s1. The maximum Gasteiger partial charge on any atom is 0.254 e. The molecule has 1 amide bonds. The van der Waals surface area contributed by atoms with E-state index in [4.69, 9.17) is 4.98 Å². The largest absolute Gasteiger partial charge is 0.340 e. The predicted molar refractivity (Wildman–Crippen MR) is 94.9 cm³/mol. The van der Waals surface area contributed by atoms with Gasteiger partial charge in [0.1, 0.15) is 5.82 Å². The van der Waals surface area contributed by atoms with E-state index in [0.29, 0.717) is 0 Å². The molecule has 4 rings (SSSR count). The number of benzene rings is 2. The van der Waals surface area contributed by atoms with Gasteiger partial charge in [-0.05, 0) is 49.1 Å². The Morgan fingerprint density at radius 2 is 2.00 bits per heavy atom. The minimum atomic E-state index is 0.0377. The van der Waals surface area contributed by atoms with E-state index >= 15 is 0 Å². The van der Waals surface area contributed by atoms with Crippen molar-refractivity contribution in [3.8, 4) is 0 Å². The van der Waals surface area contributed by atoms with Crippen LogP contribution in [0.1, 0.15) is 47.6 Å². The number of nitrogens with one attached hydrogen (secondary N) is 1. The lowest BCUT2D eigenvalue weighted by Crippen LogP contribution is -2.31. The zero-order valence-corrected chi connectivity index (χ0v) is 13.8. The van der Waals surface area contributed by atoms with Crippen LogP contribution >= 0.6 is 0 Å². The van der Waals surface area contributed by atoms with Crippen molar-refractivity contribution in [3.05, 3.63) is 65.5 Å². The van der Waals surface area contributed by atoms with Gasteiger partial charge in [-0.25, -0.2) is 4.98 Å². The fourth-order valence-electron chi connectivity index (χ4n) is 3.47. The lowest BCUT2D eigenvalue weighted by Gasteiger charge is -2.23. The van der Waals surface area contributed by atoms with Crippen LogP contribution in [0.15, 0.2) is 48.5 Å². The van der Waals surface area contributed by atoms with E-state index in [9.17, 15) is 4.79 Å². The van der Waals surface area contributed by atoms with Crippen molar-refractivity contribution in [1.82, 2.24) is 14.9 Å². The molecule has 3 aromatic rings. The van der Waals surface area contributed by atoms with Gasteiger partial charge in [0.25, 0.3) is 5.91 Å². The molecule has 1 aliphatic rings. The number of carbonyl (C=O) groups is 1. The lowest BCUT2D eigenvalue weighted by atomic mass is 10.1. The Labute approximate surface area is 141 Å². The second kappa shape index (κ2) is 6.11. The third kappa shape index (κ3) is 2.58. The van der Waals surface area contributed by atoms with Gasteiger partial charge in [0, 0.05) is 12.1 Å². The second-order valence-corrected chi connectivity index (χ2v) is 6.35. The Balaban J connectivity index is 1.62. The molecule has 0 spiro atoms. The zero-order valence-electron chi connectivity index (χ0n) is 13.8. The first kappa shape index (κ1) is 14.9. The van der Waals surface area contributed by atoms with Gasteiger partial charge in [0.15, 0.2) is 0 Å². The molecule has 4 heteroatoms. The minimum Gasteiger partial charge on any atom is -0.340 e. The molecule has 1 aliphatic heterocycles. The van der Waals surface area contributed by atoms with Crippen LogP contribution in [0.25, 0.3) is 11.0 Å². The van der Waals surface area contributed by atoms with Crippen LogP contribution in [-0.4, -0.2) is 27.3 Å². The van der Waals surface area contributed by atoms with Crippen molar-refractivity contribution in [1.29, 1.82) is 0 Å². The highest BCUT2D eigenvalue weighted by atomic mass is 16.2. The topological polar surface area (TPSA) is 49.0 Å². The molecule has 1 N–H and O–H groups in total. The zero-order chi connectivity index (χ0) is 16.5. The molecule has 0 saturated carbocycles. The number of nitrogens with zero attached hydrogens (tertiary/aromatic N) is 2. The number of hydrogen-bond donors (Lipinski definition) is 1. The fourth-order valence-corrected chi connectivity index (χ4v) is 3.47.